The van der Waals surface area contributed by atoms with Gasteiger partial charge in [0.2, 0.25) is 5.91 Å². The molecule has 1 aromatic carbocycles. The summed E-state index contributed by atoms with van der Waals surface area (Å²) in [6.07, 6.45) is 5.41. The van der Waals surface area contributed by atoms with Crippen LogP contribution in [0.5, 0.6) is 0 Å². The van der Waals surface area contributed by atoms with Gasteiger partial charge in [-0.1, -0.05) is 12.1 Å². The van der Waals surface area contributed by atoms with Crippen LogP contribution in [0.25, 0.3) is 11.4 Å². The molecule has 0 atom stereocenters. The van der Waals surface area contributed by atoms with Crippen molar-refractivity contribution in [1.82, 2.24) is 19.9 Å². The van der Waals surface area contributed by atoms with Crippen LogP contribution in [0, 0.1) is 5.82 Å². The highest BCUT2D eigenvalue weighted by molar-refractivity contribution is 5.78. The van der Waals surface area contributed by atoms with Crippen molar-refractivity contribution in [3.05, 3.63) is 71.9 Å². The summed E-state index contributed by atoms with van der Waals surface area (Å²) in [6, 6.07) is 12.1. The first kappa shape index (κ1) is 20.9. The third kappa shape index (κ3) is 5.05. The van der Waals surface area contributed by atoms with Gasteiger partial charge in [0.15, 0.2) is 5.82 Å². The molecule has 1 saturated heterocycles. The van der Waals surface area contributed by atoms with Gasteiger partial charge in [-0.2, -0.15) is 0 Å². The Bertz CT molecular complexity index is 1050. The van der Waals surface area contributed by atoms with Gasteiger partial charge >= 0.3 is 0 Å². The van der Waals surface area contributed by atoms with Gasteiger partial charge in [-0.15, -0.1) is 0 Å². The number of hydrogen-bond acceptors (Lipinski definition) is 5. The summed E-state index contributed by atoms with van der Waals surface area (Å²) in [7, 11) is 3.93. The molecule has 7 heteroatoms. The summed E-state index contributed by atoms with van der Waals surface area (Å²) in [6.45, 7) is 1.34. The van der Waals surface area contributed by atoms with E-state index in [9.17, 15) is 9.18 Å². The summed E-state index contributed by atoms with van der Waals surface area (Å²) >= 11 is 0. The van der Waals surface area contributed by atoms with E-state index in [4.69, 9.17) is 4.98 Å². The second-order valence-electron chi connectivity index (χ2n) is 8.07. The maximum atomic E-state index is 13.4. The van der Waals surface area contributed by atoms with Gasteiger partial charge in [-0.25, -0.2) is 14.4 Å². The van der Waals surface area contributed by atoms with Crippen molar-refractivity contribution in [3.8, 4) is 11.4 Å². The molecule has 0 saturated carbocycles. The fourth-order valence-electron chi connectivity index (χ4n) is 3.87. The Labute approximate surface area is 181 Å². The lowest BCUT2D eigenvalue weighted by Gasteiger charge is -2.32. The lowest BCUT2D eigenvalue weighted by molar-refractivity contribution is -0.131. The Morgan fingerprint density at radius 3 is 2.61 bits per heavy atom. The van der Waals surface area contributed by atoms with Gasteiger partial charge in [0.25, 0.3) is 0 Å². The van der Waals surface area contributed by atoms with Gasteiger partial charge in [-0.05, 0) is 42.7 Å². The third-order valence-corrected chi connectivity index (χ3v) is 5.62. The fourth-order valence-corrected chi connectivity index (χ4v) is 3.87. The minimum atomic E-state index is -0.311. The highest BCUT2D eigenvalue weighted by Gasteiger charge is 2.26. The quantitative estimate of drug-likeness (QED) is 0.631. The molecule has 31 heavy (non-hydrogen) atoms. The zero-order valence-electron chi connectivity index (χ0n) is 17.8. The average molecular weight is 420 g/mol. The standard InChI is InChI=1S/C24H26FN5O/c1-29(2)22-15-21(27-24(28-22)19-6-4-10-26-16-19)18-8-11-30(12-9-18)23(31)14-17-5-3-7-20(25)13-17/h3-7,10,13,15-16,18H,8-9,11-12,14H2,1-2H3. The molecule has 1 aliphatic rings. The lowest BCUT2D eigenvalue weighted by atomic mass is 9.92. The molecule has 4 rings (SSSR count). The summed E-state index contributed by atoms with van der Waals surface area (Å²) in [5.41, 5.74) is 2.59. The number of benzene rings is 1. The van der Waals surface area contributed by atoms with Crippen LogP contribution in [0.2, 0.25) is 0 Å². The first-order chi connectivity index (χ1) is 15.0. The summed E-state index contributed by atoms with van der Waals surface area (Å²) in [4.78, 5) is 30.2. The van der Waals surface area contributed by atoms with Crippen molar-refractivity contribution >= 4 is 11.7 Å². The molecule has 1 aliphatic heterocycles. The molecule has 3 heterocycles. The van der Waals surface area contributed by atoms with Crippen molar-refractivity contribution in [2.75, 3.05) is 32.1 Å². The molecule has 0 unspecified atom stereocenters. The average Bonchev–Trinajstić information content (AvgIpc) is 2.79. The topological polar surface area (TPSA) is 62.2 Å². The van der Waals surface area contributed by atoms with E-state index >= 15 is 0 Å². The number of halogens is 1. The van der Waals surface area contributed by atoms with E-state index in [1.807, 2.05) is 42.1 Å². The number of carbonyl (C=O) groups excluding carboxylic acids is 1. The number of carbonyl (C=O) groups is 1. The normalized spacial score (nSPS) is 14.5. The summed E-state index contributed by atoms with van der Waals surface area (Å²) in [5.74, 6) is 1.51. The summed E-state index contributed by atoms with van der Waals surface area (Å²) < 4.78 is 13.4. The minimum absolute atomic E-state index is 0.0387. The number of likely N-dealkylation sites (tertiary alicyclic amines) is 1. The van der Waals surface area contributed by atoms with E-state index < -0.39 is 0 Å². The molecule has 0 aliphatic carbocycles. The first-order valence-corrected chi connectivity index (χ1v) is 10.5. The maximum absolute atomic E-state index is 13.4. The first-order valence-electron chi connectivity index (χ1n) is 10.5. The lowest BCUT2D eigenvalue weighted by Crippen LogP contribution is -2.39. The van der Waals surface area contributed by atoms with E-state index in [0.717, 1.165) is 29.9 Å². The van der Waals surface area contributed by atoms with Gasteiger partial charge in [0.05, 0.1) is 6.42 Å². The Hall–Kier alpha value is -3.35. The zero-order chi connectivity index (χ0) is 21.8. The second kappa shape index (κ2) is 9.20. The number of pyridine rings is 1. The van der Waals surface area contributed by atoms with E-state index in [0.29, 0.717) is 24.5 Å². The highest BCUT2D eigenvalue weighted by atomic mass is 19.1. The van der Waals surface area contributed by atoms with Gasteiger partial charge < -0.3 is 9.80 Å². The van der Waals surface area contributed by atoms with Gasteiger partial charge in [0, 0.05) is 62.8 Å². The number of nitrogens with zero attached hydrogens (tertiary/aromatic N) is 5. The highest BCUT2D eigenvalue weighted by Crippen LogP contribution is 2.30. The molecule has 1 amide bonds. The second-order valence-corrected chi connectivity index (χ2v) is 8.07. The monoisotopic (exact) mass is 419 g/mol. The molecule has 2 aromatic heterocycles. The third-order valence-electron chi connectivity index (χ3n) is 5.62. The SMILES string of the molecule is CN(C)c1cc(C2CCN(C(=O)Cc3cccc(F)c3)CC2)nc(-c2cccnc2)n1. The van der Waals surface area contributed by atoms with Crippen molar-refractivity contribution in [2.45, 2.75) is 25.2 Å². The summed E-state index contributed by atoms with van der Waals surface area (Å²) in [5, 5.41) is 0. The Balaban J connectivity index is 1.47. The molecule has 1 fully saturated rings. The van der Waals surface area contributed by atoms with Crippen LogP contribution in [-0.2, 0) is 11.2 Å². The van der Waals surface area contributed by atoms with E-state index in [2.05, 4.69) is 9.97 Å². The van der Waals surface area contributed by atoms with Gasteiger partial charge in [0.1, 0.15) is 11.6 Å². The predicted octanol–water partition coefficient (Wildman–Crippen LogP) is 3.69. The van der Waals surface area contributed by atoms with Crippen LogP contribution >= 0.6 is 0 Å². The largest absolute Gasteiger partial charge is 0.363 e. The predicted molar refractivity (Wildman–Crippen MR) is 118 cm³/mol. The maximum Gasteiger partial charge on any atom is 0.226 e. The van der Waals surface area contributed by atoms with Crippen molar-refractivity contribution in [1.29, 1.82) is 0 Å². The molecule has 0 spiro atoms. The molecule has 6 nitrogen and oxygen atoms in total. The molecule has 3 aromatic rings. The van der Waals surface area contributed by atoms with Crippen LogP contribution in [0.4, 0.5) is 10.2 Å². The Morgan fingerprint density at radius 2 is 1.94 bits per heavy atom. The number of rotatable bonds is 5. The number of aromatic nitrogens is 3. The Kier molecular flexibility index (Phi) is 6.21. The molecular formula is C24H26FN5O. The number of piperidine rings is 1. The number of hydrogen-bond donors (Lipinski definition) is 0. The Morgan fingerprint density at radius 1 is 1.13 bits per heavy atom. The van der Waals surface area contributed by atoms with Crippen LogP contribution in [0.15, 0.2) is 54.9 Å². The molecule has 160 valence electrons. The van der Waals surface area contributed by atoms with Gasteiger partial charge in [-0.3, -0.25) is 9.78 Å². The van der Waals surface area contributed by atoms with Crippen molar-refractivity contribution < 1.29 is 9.18 Å². The molecule has 0 radical (unpaired) electrons. The number of anilines is 1. The van der Waals surface area contributed by atoms with Crippen LogP contribution in [0.3, 0.4) is 0 Å². The molecule has 0 bridgehead atoms. The minimum Gasteiger partial charge on any atom is -0.363 e. The van der Waals surface area contributed by atoms with Crippen molar-refractivity contribution in [3.63, 3.8) is 0 Å². The molecular weight excluding hydrogens is 393 g/mol. The van der Waals surface area contributed by atoms with Crippen molar-refractivity contribution in [2.24, 2.45) is 0 Å². The molecule has 0 N–H and O–H groups in total. The van der Waals surface area contributed by atoms with Crippen LogP contribution < -0.4 is 4.90 Å². The van der Waals surface area contributed by atoms with E-state index in [1.165, 1.54) is 12.1 Å². The zero-order valence-corrected chi connectivity index (χ0v) is 17.8. The van der Waals surface area contributed by atoms with E-state index in [-0.39, 0.29) is 24.1 Å². The smallest absolute Gasteiger partial charge is 0.226 e. The van der Waals surface area contributed by atoms with E-state index in [1.54, 1.807) is 24.5 Å². The fraction of sp³-hybridized carbons (Fsp3) is 0.333. The number of amides is 1. The van der Waals surface area contributed by atoms with Crippen LogP contribution in [-0.4, -0.2) is 52.9 Å². The van der Waals surface area contributed by atoms with Crippen LogP contribution in [0.1, 0.15) is 30.0 Å².